The smallest absolute Gasteiger partial charge is 0.330 e. The number of ketones is 1. The van der Waals surface area contributed by atoms with Crippen LogP contribution in [0.5, 0.6) is 0 Å². The highest BCUT2D eigenvalue weighted by atomic mass is 16.5. The second-order valence-electron chi connectivity index (χ2n) is 7.57. The van der Waals surface area contributed by atoms with E-state index < -0.39 is 0 Å². The molecular formula is C21H28O3. The zero-order valence-corrected chi connectivity index (χ0v) is 15.2. The van der Waals surface area contributed by atoms with E-state index in [1.54, 1.807) is 13.0 Å². The first-order valence-electron chi connectivity index (χ1n) is 8.79. The molecule has 2 rings (SSSR count). The van der Waals surface area contributed by atoms with Gasteiger partial charge in [0.05, 0.1) is 6.61 Å². The van der Waals surface area contributed by atoms with E-state index in [0.29, 0.717) is 24.7 Å². The van der Waals surface area contributed by atoms with Gasteiger partial charge in [-0.15, -0.1) is 0 Å². The average Bonchev–Trinajstić information content (AvgIpc) is 2.53. The van der Waals surface area contributed by atoms with E-state index in [0.717, 1.165) is 24.0 Å². The Hall–Kier alpha value is -1.90. The summed E-state index contributed by atoms with van der Waals surface area (Å²) >= 11 is 0. The summed E-state index contributed by atoms with van der Waals surface area (Å²) in [4.78, 5) is 24.1. The van der Waals surface area contributed by atoms with Crippen molar-refractivity contribution in [3.8, 4) is 0 Å². The first-order valence-corrected chi connectivity index (χ1v) is 8.79. The van der Waals surface area contributed by atoms with Crippen molar-refractivity contribution in [3.63, 3.8) is 0 Å². The number of Topliss-reactive ketones (excluding diaryl/α,β-unsaturated/α-hetero) is 1. The van der Waals surface area contributed by atoms with Crippen molar-refractivity contribution in [1.82, 2.24) is 0 Å². The monoisotopic (exact) mass is 328 g/mol. The van der Waals surface area contributed by atoms with Gasteiger partial charge < -0.3 is 4.74 Å². The Labute approximate surface area is 145 Å². The molecule has 3 nitrogen and oxygen atoms in total. The number of carbonyl (C=O) groups excluding carboxylic acids is 2. The minimum atomic E-state index is -0.352. The minimum absolute atomic E-state index is 0.0778. The molecule has 1 aromatic rings. The van der Waals surface area contributed by atoms with E-state index >= 15 is 0 Å². The van der Waals surface area contributed by atoms with Crippen molar-refractivity contribution in [2.45, 2.75) is 52.9 Å². The summed E-state index contributed by atoms with van der Waals surface area (Å²) in [6.07, 6.45) is 5.70. The van der Waals surface area contributed by atoms with Gasteiger partial charge in [-0.2, -0.15) is 0 Å². The molecular weight excluding hydrogens is 300 g/mol. The van der Waals surface area contributed by atoms with E-state index in [4.69, 9.17) is 4.74 Å². The van der Waals surface area contributed by atoms with E-state index in [1.165, 1.54) is 6.08 Å². The van der Waals surface area contributed by atoms with E-state index in [9.17, 15) is 9.59 Å². The van der Waals surface area contributed by atoms with Crippen LogP contribution in [-0.2, 0) is 14.3 Å². The summed E-state index contributed by atoms with van der Waals surface area (Å²) in [5, 5.41) is 0. The third-order valence-corrected chi connectivity index (χ3v) is 4.93. The Morgan fingerprint density at radius 3 is 2.67 bits per heavy atom. The van der Waals surface area contributed by atoms with Crippen molar-refractivity contribution in [2.75, 3.05) is 6.61 Å². The topological polar surface area (TPSA) is 43.4 Å². The predicted molar refractivity (Wildman–Crippen MR) is 96.7 cm³/mol. The van der Waals surface area contributed by atoms with Gasteiger partial charge in [0.15, 0.2) is 0 Å². The lowest BCUT2D eigenvalue weighted by Gasteiger charge is -2.37. The molecule has 0 N–H and O–H groups in total. The quantitative estimate of drug-likeness (QED) is 0.591. The van der Waals surface area contributed by atoms with Gasteiger partial charge in [-0.25, -0.2) is 4.79 Å². The minimum Gasteiger partial charge on any atom is -0.463 e. The highest BCUT2D eigenvalue weighted by molar-refractivity contribution is 5.90. The summed E-state index contributed by atoms with van der Waals surface area (Å²) in [7, 11) is 0. The van der Waals surface area contributed by atoms with Crippen molar-refractivity contribution in [2.24, 2.45) is 11.3 Å². The molecule has 1 aliphatic rings. The van der Waals surface area contributed by atoms with Gasteiger partial charge in [-0.1, -0.05) is 45.0 Å². The summed E-state index contributed by atoms with van der Waals surface area (Å²) in [6.45, 7) is 8.89. The van der Waals surface area contributed by atoms with Crippen LogP contribution in [0.4, 0.5) is 0 Å². The van der Waals surface area contributed by atoms with Crippen LogP contribution in [0.2, 0.25) is 0 Å². The Kier molecular flexibility index (Phi) is 5.98. The van der Waals surface area contributed by atoms with Gasteiger partial charge in [0.2, 0.25) is 0 Å². The third-order valence-electron chi connectivity index (χ3n) is 4.93. The van der Waals surface area contributed by atoms with Gasteiger partial charge in [0.1, 0.15) is 5.78 Å². The van der Waals surface area contributed by atoms with Crippen molar-refractivity contribution >= 4 is 17.8 Å². The maximum Gasteiger partial charge on any atom is 0.330 e. The highest BCUT2D eigenvalue weighted by Gasteiger charge is 2.36. The van der Waals surface area contributed by atoms with Crippen LogP contribution in [0.25, 0.3) is 6.08 Å². The average molecular weight is 328 g/mol. The Bertz CT molecular complexity index is 622. The molecule has 1 aromatic carbocycles. The molecule has 0 radical (unpaired) electrons. The van der Waals surface area contributed by atoms with Crippen molar-refractivity contribution in [1.29, 1.82) is 0 Å². The molecule has 0 aromatic heterocycles. The maximum absolute atomic E-state index is 12.5. The van der Waals surface area contributed by atoms with Gasteiger partial charge in [0.25, 0.3) is 0 Å². The molecule has 24 heavy (non-hydrogen) atoms. The zero-order valence-electron chi connectivity index (χ0n) is 15.2. The molecule has 0 aliphatic heterocycles. The Morgan fingerprint density at radius 2 is 2.00 bits per heavy atom. The van der Waals surface area contributed by atoms with Crippen LogP contribution in [0.3, 0.4) is 0 Å². The molecule has 0 heterocycles. The summed E-state index contributed by atoms with van der Waals surface area (Å²) in [5.74, 6) is 0.413. The molecule has 0 amide bonds. The fourth-order valence-corrected chi connectivity index (χ4v) is 3.44. The number of benzene rings is 1. The maximum atomic E-state index is 12.5. The van der Waals surface area contributed by atoms with E-state index in [-0.39, 0.29) is 17.3 Å². The zero-order chi connectivity index (χ0) is 17.7. The first-order chi connectivity index (χ1) is 11.3. The largest absolute Gasteiger partial charge is 0.463 e. The van der Waals surface area contributed by atoms with E-state index in [1.807, 2.05) is 24.3 Å². The van der Waals surface area contributed by atoms with E-state index in [2.05, 4.69) is 20.8 Å². The lowest BCUT2D eigenvalue weighted by molar-refractivity contribution is -0.137. The first kappa shape index (κ1) is 18.4. The highest BCUT2D eigenvalue weighted by Crippen LogP contribution is 2.43. The fourth-order valence-electron chi connectivity index (χ4n) is 3.44. The molecule has 0 saturated heterocycles. The molecule has 0 bridgehead atoms. The second-order valence-corrected chi connectivity index (χ2v) is 7.57. The van der Waals surface area contributed by atoms with Crippen LogP contribution in [0.15, 0.2) is 30.3 Å². The normalized spacial score (nSPS) is 21.9. The van der Waals surface area contributed by atoms with Crippen LogP contribution in [0.1, 0.15) is 64.0 Å². The molecule has 1 aliphatic carbocycles. The molecule has 3 heteroatoms. The summed E-state index contributed by atoms with van der Waals surface area (Å²) < 4.78 is 4.94. The second kappa shape index (κ2) is 7.78. The Balaban J connectivity index is 2.27. The van der Waals surface area contributed by atoms with Gasteiger partial charge in [0, 0.05) is 18.4 Å². The number of esters is 1. The van der Waals surface area contributed by atoms with Crippen LogP contribution in [-0.4, -0.2) is 18.4 Å². The number of rotatable bonds is 4. The third kappa shape index (κ3) is 4.56. The fraction of sp³-hybridized carbons (Fsp3) is 0.524. The molecule has 1 saturated carbocycles. The molecule has 0 spiro atoms. The molecule has 2 atom stereocenters. The van der Waals surface area contributed by atoms with Gasteiger partial charge >= 0.3 is 5.97 Å². The van der Waals surface area contributed by atoms with Crippen molar-refractivity contribution in [3.05, 3.63) is 41.5 Å². The van der Waals surface area contributed by atoms with Gasteiger partial charge in [-0.3, -0.25) is 4.79 Å². The number of carbonyl (C=O) groups is 2. The summed E-state index contributed by atoms with van der Waals surface area (Å²) in [6, 6.07) is 7.87. The molecule has 1 fully saturated rings. The molecule has 0 unspecified atom stereocenters. The number of ether oxygens (including phenoxy) is 1. The molecule has 130 valence electrons. The predicted octanol–water partition coefficient (Wildman–Crippen LogP) is 4.76. The number of hydrogen-bond donors (Lipinski definition) is 0. The van der Waals surface area contributed by atoms with Crippen LogP contribution >= 0.6 is 0 Å². The lowest BCUT2D eigenvalue weighted by Crippen LogP contribution is -2.31. The van der Waals surface area contributed by atoms with Gasteiger partial charge in [-0.05, 0) is 48.3 Å². The number of hydrogen-bond acceptors (Lipinski definition) is 3. The van der Waals surface area contributed by atoms with Crippen LogP contribution in [0, 0.1) is 11.3 Å². The Morgan fingerprint density at radius 1 is 1.29 bits per heavy atom. The summed E-state index contributed by atoms with van der Waals surface area (Å²) in [5.41, 5.74) is 2.16. The standard InChI is InChI=1S/C21H28O3/c1-5-24-20(23)13-10-15-8-6-7-9-17(15)18-14-16(21(2,3)4)11-12-19(18)22/h6-10,13,16,18H,5,11-12,14H2,1-4H3/b13-10+/t16-,18+/m0/s1. The SMILES string of the molecule is CCOC(=O)/C=C/c1ccccc1[C@H]1C[C@@H](C(C)(C)C)CCC1=O. The lowest BCUT2D eigenvalue weighted by atomic mass is 9.67. The van der Waals surface area contributed by atoms with Crippen molar-refractivity contribution < 1.29 is 14.3 Å². The van der Waals surface area contributed by atoms with Crippen LogP contribution < -0.4 is 0 Å².